The molecule has 5 rings (SSSR count). The molecule has 3 aromatic carbocycles. The summed E-state index contributed by atoms with van der Waals surface area (Å²) in [6, 6.07) is 27.0. The van der Waals surface area contributed by atoms with Crippen LogP contribution in [0.4, 0.5) is 4.79 Å². The van der Waals surface area contributed by atoms with Gasteiger partial charge in [-0.15, -0.1) is 0 Å². The van der Waals surface area contributed by atoms with E-state index >= 15 is 0 Å². The van der Waals surface area contributed by atoms with Crippen molar-refractivity contribution in [3.05, 3.63) is 95.6 Å². The summed E-state index contributed by atoms with van der Waals surface area (Å²) in [6.45, 7) is 10.2. The molecule has 6 atom stereocenters. The first-order valence-electron chi connectivity index (χ1n) is 18.5. The minimum atomic E-state index is -1.76. The zero-order chi connectivity index (χ0) is 39.7. The van der Waals surface area contributed by atoms with Crippen LogP contribution in [0.1, 0.15) is 57.7 Å². The van der Waals surface area contributed by atoms with Crippen LogP contribution < -0.4 is 14.8 Å². The molecular formula is C41H53N4O9P. The van der Waals surface area contributed by atoms with Crippen molar-refractivity contribution in [2.75, 3.05) is 41.1 Å². The topological polar surface area (TPSA) is 141 Å². The van der Waals surface area contributed by atoms with Crippen LogP contribution in [0.15, 0.2) is 78.9 Å². The van der Waals surface area contributed by atoms with E-state index in [1.807, 2.05) is 78.9 Å². The number of nitrogens with zero attached hydrogens (tertiary/aromatic N) is 3. The highest BCUT2D eigenvalue weighted by molar-refractivity contribution is 7.44. The number of methoxy groups -OCH3 is 3. The Morgan fingerprint density at radius 2 is 1.45 bits per heavy atom. The van der Waals surface area contributed by atoms with Crippen LogP contribution in [0, 0.1) is 17.2 Å². The summed E-state index contributed by atoms with van der Waals surface area (Å²) in [7, 11) is 3.02. The lowest BCUT2D eigenvalue weighted by molar-refractivity contribution is -0.133. The number of urea groups is 1. The summed E-state index contributed by atoms with van der Waals surface area (Å²) in [6.07, 6.45) is -3.18. The highest BCUT2D eigenvalue weighted by Crippen LogP contribution is 2.50. The van der Waals surface area contributed by atoms with Gasteiger partial charge < -0.3 is 32.7 Å². The second-order valence-corrected chi connectivity index (χ2v) is 15.5. The van der Waals surface area contributed by atoms with Gasteiger partial charge in [0.1, 0.15) is 35.4 Å². The Bertz CT molecular complexity index is 1680. The number of amides is 3. The van der Waals surface area contributed by atoms with Crippen LogP contribution in [0.2, 0.25) is 0 Å². The van der Waals surface area contributed by atoms with Crippen molar-refractivity contribution in [2.24, 2.45) is 5.92 Å². The molecular weight excluding hydrogens is 723 g/mol. The molecule has 3 aromatic rings. The van der Waals surface area contributed by atoms with Crippen molar-refractivity contribution in [3.8, 4) is 17.6 Å². The van der Waals surface area contributed by atoms with Gasteiger partial charge in [0.25, 0.3) is 8.53 Å². The lowest BCUT2D eigenvalue weighted by Gasteiger charge is -2.39. The first-order valence-corrected chi connectivity index (χ1v) is 19.6. The molecule has 0 spiro atoms. The smallest absolute Gasteiger partial charge is 0.326 e. The second kappa shape index (κ2) is 19.2. The van der Waals surface area contributed by atoms with Crippen LogP contribution in [0.3, 0.4) is 0 Å². The molecule has 2 aliphatic heterocycles. The Kier molecular flexibility index (Phi) is 14.6. The lowest BCUT2D eigenvalue weighted by atomic mass is 9.80. The van der Waals surface area contributed by atoms with E-state index in [4.69, 9.17) is 32.7 Å². The van der Waals surface area contributed by atoms with Crippen LogP contribution >= 0.6 is 8.53 Å². The largest absolute Gasteiger partial charge is 0.497 e. The molecule has 2 saturated heterocycles. The van der Waals surface area contributed by atoms with E-state index in [-0.39, 0.29) is 44.2 Å². The summed E-state index contributed by atoms with van der Waals surface area (Å²) < 4.78 is 46.7. The summed E-state index contributed by atoms with van der Waals surface area (Å²) >= 11 is 0. The van der Waals surface area contributed by atoms with Crippen molar-refractivity contribution in [2.45, 2.75) is 83.3 Å². The van der Waals surface area contributed by atoms with E-state index in [1.165, 1.54) is 4.90 Å². The summed E-state index contributed by atoms with van der Waals surface area (Å²) in [5.41, 5.74) is 1.34. The highest BCUT2D eigenvalue weighted by Gasteiger charge is 2.54. The number of ether oxygens (including phenoxy) is 5. The Labute approximate surface area is 325 Å². The van der Waals surface area contributed by atoms with Gasteiger partial charge in [0.2, 0.25) is 5.91 Å². The molecule has 2 fully saturated rings. The van der Waals surface area contributed by atoms with Crippen LogP contribution in [-0.4, -0.2) is 99.2 Å². The third kappa shape index (κ3) is 9.30. The molecule has 0 bridgehead atoms. The SMILES string of the molecule is COc1ccc(C(OC[C@H]2O[C@@H](N3CC(C)C(=O)NC3=O)[C@H](OC)[C@@H]2OP(OCCC#N)N(C(C)C)C(C)C)(c2ccccc2)c2ccc(OC)cc2)cc1. The van der Waals surface area contributed by atoms with Crippen molar-refractivity contribution >= 4 is 20.5 Å². The van der Waals surface area contributed by atoms with E-state index in [9.17, 15) is 14.9 Å². The van der Waals surface area contributed by atoms with Gasteiger partial charge in [-0.05, 0) is 68.7 Å². The molecule has 3 amide bonds. The fraction of sp³-hybridized carbons (Fsp3) is 0.488. The maximum absolute atomic E-state index is 13.4. The number of hydrogen-bond acceptors (Lipinski definition) is 11. The molecule has 13 nitrogen and oxygen atoms in total. The zero-order valence-corrected chi connectivity index (χ0v) is 33.7. The lowest BCUT2D eigenvalue weighted by Crippen LogP contribution is -2.59. The number of carbonyl (C=O) groups is 2. The van der Waals surface area contributed by atoms with Gasteiger partial charge in [0.15, 0.2) is 6.23 Å². The minimum Gasteiger partial charge on any atom is -0.497 e. The Hall–Kier alpha value is -4.12. The maximum atomic E-state index is 13.4. The summed E-state index contributed by atoms with van der Waals surface area (Å²) in [5.74, 6) is 0.548. The third-order valence-corrected chi connectivity index (χ3v) is 11.9. The highest BCUT2D eigenvalue weighted by atomic mass is 31.2. The van der Waals surface area contributed by atoms with Gasteiger partial charge >= 0.3 is 6.03 Å². The van der Waals surface area contributed by atoms with Crippen molar-refractivity contribution in [3.63, 3.8) is 0 Å². The normalized spacial score (nSPS) is 22.2. The van der Waals surface area contributed by atoms with E-state index in [0.717, 1.165) is 16.7 Å². The Morgan fingerprint density at radius 3 is 1.96 bits per heavy atom. The van der Waals surface area contributed by atoms with Gasteiger partial charge in [-0.1, -0.05) is 61.5 Å². The number of nitrogens with one attached hydrogen (secondary N) is 1. The standard InChI is InChI=1S/C41H53N4O9P/c1-27(2)45(28(3)4)55(52-24-12-23-42)54-36-35(53-39(37(36)50-8)44-25-29(5)38(46)43-40(44)47)26-51-41(30-13-10-9-11-14-30,31-15-19-33(48-6)20-16-31)32-17-21-34(49-7)22-18-32/h9-11,13-22,27-29,35-37,39H,12,24-26H2,1-8H3,(H,43,46,47)/t29?,35-,36-,37-,39-,55?/m1/s1. The van der Waals surface area contributed by atoms with Gasteiger partial charge in [0.05, 0.1) is 45.8 Å². The first-order chi connectivity index (χ1) is 26.5. The zero-order valence-electron chi connectivity index (χ0n) is 32.8. The van der Waals surface area contributed by atoms with Crippen LogP contribution in [-0.2, 0) is 33.7 Å². The fourth-order valence-electron chi connectivity index (χ4n) is 7.13. The van der Waals surface area contributed by atoms with E-state index in [0.29, 0.717) is 11.5 Å². The van der Waals surface area contributed by atoms with E-state index < -0.39 is 50.6 Å². The number of carbonyl (C=O) groups excluding carboxylic acids is 2. The first kappa shape index (κ1) is 42.0. The molecule has 2 heterocycles. The van der Waals surface area contributed by atoms with Crippen molar-refractivity contribution < 1.29 is 42.3 Å². The summed E-state index contributed by atoms with van der Waals surface area (Å²) in [4.78, 5) is 27.3. The third-order valence-electron chi connectivity index (χ3n) is 9.79. The van der Waals surface area contributed by atoms with Gasteiger partial charge in [-0.2, -0.15) is 5.26 Å². The van der Waals surface area contributed by atoms with E-state index in [1.54, 1.807) is 28.3 Å². The predicted octanol–water partition coefficient (Wildman–Crippen LogP) is 6.60. The monoisotopic (exact) mass is 776 g/mol. The summed E-state index contributed by atoms with van der Waals surface area (Å²) in [5, 5.41) is 11.8. The molecule has 0 radical (unpaired) electrons. The number of imide groups is 1. The number of rotatable bonds is 18. The molecule has 14 heteroatoms. The van der Waals surface area contributed by atoms with Crippen molar-refractivity contribution in [1.29, 1.82) is 5.26 Å². The van der Waals surface area contributed by atoms with Gasteiger partial charge in [-0.25, -0.2) is 9.46 Å². The quantitative estimate of drug-likeness (QED) is 0.0849. The number of nitriles is 1. The van der Waals surface area contributed by atoms with Gasteiger partial charge in [-0.3, -0.25) is 15.0 Å². The average Bonchev–Trinajstić information content (AvgIpc) is 3.53. The molecule has 296 valence electrons. The molecule has 1 N–H and O–H groups in total. The number of benzene rings is 3. The average molecular weight is 777 g/mol. The second-order valence-electron chi connectivity index (χ2n) is 14.0. The maximum Gasteiger partial charge on any atom is 0.326 e. The fourth-order valence-corrected chi connectivity index (χ4v) is 8.90. The van der Waals surface area contributed by atoms with Crippen LogP contribution in [0.5, 0.6) is 11.5 Å². The molecule has 0 aromatic heterocycles. The molecule has 0 saturated carbocycles. The Morgan fingerprint density at radius 1 is 0.891 bits per heavy atom. The molecule has 2 unspecified atom stereocenters. The predicted molar refractivity (Wildman–Crippen MR) is 207 cm³/mol. The minimum absolute atomic E-state index is 0.0252. The van der Waals surface area contributed by atoms with Crippen molar-refractivity contribution in [1.82, 2.24) is 14.9 Å². The van der Waals surface area contributed by atoms with Gasteiger partial charge in [0, 0.05) is 25.7 Å². The molecule has 0 aliphatic carbocycles. The molecule has 55 heavy (non-hydrogen) atoms. The van der Waals surface area contributed by atoms with E-state index in [2.05, 4.69) is 43.8 Å². The molecule has 2 aliphatic rings. The number of hydrogen-bond donors (Lipinski definition) is 1. The van der Waals surface area contributed by atoms with Crippen LogP contribution in [0.25, 0.3) is 0 Å². The Balaban J connectivity index is 1.62.